The summed E-state index contributed by atoms with van der Waals surface area (Å²) >= 11 is 0. The standard InChI is InChI=1S/C18H23NO3/c1-19-8-7-18-11-4-6-14(21-2)17(18)22-16-13(20)5-3-10(15(16)18)9-12(11)19/h3,5,11-12,14,17,20H,4,6-9H2,1-2H3/t11-,12+,14+,17-,18-/m0/s1/i2D3. The molecule has 4 aliphatic rings. The lowest BCUT2D eigenvalue weighted by molar-refractivity contribution is -0.111. The summed E-state index contributed by atoms with van der Waals surface area (Å²) in [6, 6.07) is 4.16. The fourth-order valence-electron chi connectivity index (χ4n) is 5.81. The van der Waals surface area contributed by atoms with Gasteiger partial charge in [-0.2, -0.15) is 0 Å². The number of ether oxygens (including phenoxy) is 2. The van der Waals surface area contributed by atoms with Gasteiger partial charge in [-0.15, -0.1) is 0 Å². The highest BCUT2D eigenvalue weighted by Gasteiger charge is 2.65. The van der Waals surface area contributed by atoms with Gasteiger partial charge in [0.05, 0.1) is 10.2 Å². The molecule has 1 aromatic carbocycles. The number of phenols is 1. The molecule has 4 nitrogen and oxygen atoms in total. The van der Waals surface area contributed by atoms with Gasteiger partial charge in [-0.1, -0.05) is 6.07 Å². The first-order valence-electron chi connectivity index (χ1n) is 9.71. The van der Waals surface area contributed by atoms with E-state index in [1.165, 1.54) is 5.56 Å². The lowest BCUT2D eigenvalue weighted by atomic mass is 9.51. The summed E-state index contributed by atoms with van der Waals surface area (Å²) in [6.07, 6.45) is 2.70. The Morgan fingerprint density at radius 1 is 1.45 bits per heavy atom. The van der Waals surface area contributed by atoms with Crippen LogP contribution in [0.4, 0.5) is 0 Å². The Morgan fingerprint density at radius 3 is 3.23 bits per heavy atom. The van der Waals surface area contributed by atoms with E-state index in [1.54, 1.807) is 6.07 Å². The van der Waals surface area contributed by atoms with Crippen molar-refractivity contribution in [2.75, 3.05) is 20.6 Å². The molecule has 118 valence electrons. The highest BCUT2D eigenvalue weighted by atomic mass is 16.5. The Hall–Kier alpha value is -1.26. The summed E-state index contributed by atoms with van der Waals surface area (Å²) in [7, 11) is -0.254. The number of rotatable bonds is 1. The molecule has 0 unspecified atom stereocenters. The van der Waals surface area contributed by atoms with E-state index in [9.17, 15) is 5.11 Å². The van der Waals surface area contributed by atoms with Crippen molar-refractivity contribution in [1.29, 1.82) is 0 Å². The van der Waals surface area contributed by atoms with Crippen molar-refractivity contribution in [3.8, 4) is 11.5 Å². The number of nitrogens with zero attached hydrogens (tertiary/aromatic N) is 1. The first-order chi connectivity index (χ1) is 11.8. The van der Waals surface area contributed by atoms with E-state index in [0.29, 0.717) is 24.1 Å². The fourth-order valence-corrected chi connectivity index (χ4v) is 5.81. The molecule has 1 aromatic rings. The molecule has 1 spiro atoms. The molecule has 4 heteroatoms. The summed E-state index contributed by atoms with van der Waals surface area (Å²) in [5.74, 6) is 1.14. The van der Waals surface area contributed by atoms with E-state index in [2.05, 4.69) is 11.9 Å². The second-order valence-corrected chi connectivity index (χ2v) is 7.37. The Bertz CT molecular complexity index is 737. The van der Waals surface area contributed by atoms with Crippen molar-refractivity contribution in [3.05, 3.63) is 23.3 Å². The molecule has 1 N–H and O–H groups in total. The molecule has 5 atom stereocenters. The van der Waals surface area contributed by atoms with Crippen LogP contribution in [0.1, 0.15) is 34.5 Å². The van der Waals surface area contributed by atoms with Crippen LogP contribution < -0.4 is 4.74 Å². The Kier molecular flexibility index (Phi) is 1.99. The summed E-state index contributed by atoms with van der Waals surface area (Å²) in [4.78, 5) is 2.44. The quantitative estimate of drug-likeness (QED) is 0.862. The molecule has 1 saturated heterocycles. The normalized spacial score (nSPS) is 44.5. The summed E-state index contributed by atoms with van der Waals surface area (Å²) in [5.41, 5.74) is 2.14. The van der Waals surface area contributed by atoms with Crippen LogP contribution in [0.3, 0.4) is 0 Å². The van der Waals surface area contributed by atoms with Crippen LogP contribution in [-0.4, -0.2) is 48.9 Å². The van der Waals surface area contributed by atoms with Crippen molar-refractivity contribution in [2.24, 2.45) is 5.92 Å². The lowest BCUT2D eigenvalue weighted by Gasteiger charge is -2.58. The lowest BCUT2D eigenvalue weighted by Crippen LogP contribution is -2.66. The molecule has 0 radical (unpaired) electrons. The first kappa shape index (κ1) is 10.5. The zero-order valence-electron chi connectivity index (χ0n) is 15.7. The molecule has 0 amide bonds. The van der Waals surface area contributed by atoms with E-state index in [1.807, 2.05) is 6.07 Å². The molecular formula is C18H23NO3. The largest absolute Gasteiger partial charge is 0.504 e. The maximum atomic E-state index is 10.4. The third-order valence-corrected chi connectivity index (χ3v) is 6.69. The SMILES string of the molecule is [2H]C([2H])([2H])O[C@@H]1CC[C@H]2[C@H]3Cc4ccc(O)c5c4[C@@]2(CCN3C)[C@H]1O5. The molecule has 1 saturated carbocycles. The van der Waals surface area contributed by atoms with Gasteiger partial charge in [0, 0.05) is 24.1 Å². The second-order valence-electron chi connectivity index (χ2n) is 7.37. The Balaban J connectivity index is 1.68. The number of hydrogen-bond acceptors (Lipinski definition) is 4. The van der Waals surface area contributed by atoms with E-state index in [-0.39, 0.29) is 17.3 Å². The van der Waals surface area contributed by atoms with Gasteiger partial charge in [0.15, 0.2) is 11.5 Å². The number of benzene rings is 1. The van der Waals surface area contributed by atoms with Gasteiger partial charge in [-0.3, -0.25) is 0 Å². The van der Waals surface area contributed by atoms with E-state index < -0.39 is 13.1 Å². The van der Waals surface area contributed by atoms with Crippen LogP contribution >= 0.6 is 0 Å². The van der Waals surface area contributed by atoms with E-state index in [0.717, 1.165) is 31.4 Å². The monoisotopic (exact) mass is 304 g/mol. The predicted octanol–water partition coefficient (Wildman–Crippen LogP) is 2.08. The van der Waals surface area contributed by atoms with Gasteiger partial charge in [-0.25, -0.2) is 0 Å². The third kappa shape index (κ3) is 1.32. The smallest absolute Gasteiger partial charge is 0.165 e. The highest BCUT2D eigenvalue weighted by Crippen LogP contribution is 2.63. The van der Waals surface area contributed by atoms with Crippen LogP contribution in [0, 0.1) is 5.92 Å². The van der Waals surface area contributed by atoms with Crippen molar-refractivity contribution in [1.82, 2.24) is 4.90 Å². The average molecular weight is 304 g/mol. The van der Waals surface area contributed by atoms with E-state index >= 15 is 0 Å². The van der Waals surface area contributed by atoms with Crippen molar-refractivity contribution < 1.29 is 18.7 Å². The number of hydrogen-bond donors (Lipinski definition) is 1. The minimum atomic E-state index is -2.43. The molecule has 2 bridgehead atoms. The Morgan fingerprint density at radius 2 is 2.36 bits per heavy atom. The van der Waals surface area contributed by atoms with Crippen LogP contribution in [0.15, 0.2) is 12.1 Å². The highest BCUT2D eigenvalue weighted by molar-refractivity contribution is 5.60. The van der Waals surface area contributed by atoms with Crippen molar-refractivity contribution in [3.63, 3.8) is 0 Å². The molecule has 2 aliphatic carbocycles. The first-order valence-corrected chi connectivity index (χ1v) is 8.21. The number of likely N-dealkylation sites (tertiary alicyclic amines) is 1. The van der Waals surface area contributed by atoms with Crippen LogP contribution in [0.5, 0.6) is 11.5 Å². The van der Waals surface area contributed by atoms with Crippen LogP contribution in [0.25, 0.3) is 0 Å². The zero-order chi connectivity index (χ0) is 17.6. The zero-order valence-corrected chi connectivity index (χ0v) is 12.7. The van der Waals surface area contributed by atoms with Gasteiger partial charge in [-0.05, 0) is 56.8 Å². The molecule has 2 fully saturated rings. The van der Waals surface area contributed by atoms with Gasteiger partial charge < -0.3 is 19.5 Å². The summed E-state index contributed by atoms with van der Waals surface area (Å²) < 4.78 is 34.3. The maximum absolute atomic E-state index is 10.4. The molecular weight excluding hydrogens is 278 g/mol. The molecule has 0 aromatic heterocycles. The van der Waals surface area contributed by atoms with Crippen LogP contribution in [0.2, 0.25) is 0 Å². The number of aromatic hydroxyl groups is 1. The van der Waals surface area contributed by atoms with Gasteiger partial charge in [0.25, 0.3) is 0 Å². The average Bonchev–Trinajstić information content (AvgIpc) is 2.88. The number of likely N-dealkylation sites (N-methyl/N-ethyl adjacent to an activating group) is 1. The summed E-state index contributed by atoms with van der Waals surface area (Å²) in [6.45, 7) is 0.954. The fraction of sp³-hybridized carbons (Fsp3) is 0.667. The maximum Gasteiger partial charge on any atom is 0.165 e. The van der Waals surface area contributed by atoms with Gasteiger partial charge in [0.1, 0.15) is 6.10 Å². The second kappa shape index (κ2) is 4.18. The van der Waals surface area contributed by atoms with Gasteiger partial charge >= 0.3 is 0 Å². The molecule has 22 heavy (non-hydrogen) atoms. The minimum absolute atomic E-state index is 0.159. The molecule has 2 aliphatic heterocycles. The Labute approximate surface area is 135 Å². The predicted molar refractivity (Wildman–Crippen MR) is 82.5 cm³/mol. The number of methoxy groups -OCH3 is 1. The summed E-state index contributed by atoms with van der Waals surface area (Å²) in [5, 5.41) is 10.4. The van der Waals surface area contributed by atoms with Crippen LogP contribution in [-0.2, 0) is 16.6 Å². The molecule has 5 rings (SSSR count). The number of phenolic OH excluding ortho intramolecular Hbond substituents is 1. The van der Waals surface area contributed by atoms with E-state index in [4.69, 9.17) is 13.6 Å². The van der Waals surface area contributed by atoms with Crippen molar-refractivity contribution >= 4 is 0 Å². The van der Waals surface area contributed by atoms with Gasteiger partial charge in [0.2, 0.25) is 0 Å². The minimum Gasteiger partial charge on any atom is -0.504 e. The molecule has 2 heterocycles. The topological polar surface area (TPSA) is 41.9 Å². The van der Waals surface area contributed by atoms with Crippen molar-refractivity contribution in [2.45, 2.75) is 49.3 Å². The third-order valence-electron chi connectivity index (χ3n) is 6.69. The number of piperidine rings is 1.